The molecule has 1 N–H and O–H groups in total. The molecular weight excluding hydrogens is 190 g/mol. The zero-order valence-electron chi connectivity index (χ0n) is 9.94. The molecule has 1 atom stereocenters. The van der Waals surface area contributed by atoms with Gasteiger partial charge >= 0.3 is 0 Å². The van der Waals surface area contributed by atoms with E-state index in [2.05, 4.69) is 37.8 Å². The average Bonchev–Trinajstić information content (AvgIpc) is 2.13. The molecule has 1 aliphatic rings. The second-order valence-electron chi connectivity index (χ2n) is 5.50. The number of nitrogens with one attached hydrogen (secondary N) is 1. The third kappa shape index (κ3) is 5.92. The zero-order chi connectivity index (χ0) is 10.4. The summed E-state index contributed by atoms with van der Waals surface area (Å²) in [4.78, 5) is 0. The lowest BCUT2D eigenvalue weighted by molar-refractivity contribution is 0.366. The van der Waals surface area contributed by atoms with Gasteiger partial charge in [0.25, 0.3) is 0 Å². The molecule has 0 aliphatic carbocycles. The zero-order valence-corrected chi connectivity index (χ0v) is 10.8. The van der Waals surface area contributed by atoms with E-state index in [0.717, 1.165) is 5.25 Å². The molecule has 0 bridgehead atoms. The van der Waals surface area contributed by atoms with Gasteiger partial charge in [-0.15, -0.1) is 0 Å². The van der Waals surface area contributed by atoms with Crippen molar-refractivity contribution < 1.29 is 0 Å². The first-order chi connectivity index (χ1) is 6.58. The highest BCUT2D eigenvalue weighted by Gasteiger charge is 2.14. The van der Waals surface area contributed by atoms with E-state index in [1.807, 2.05) is 0 Å². The van der Waals surface area contributed by atoms with Crippen LogP contribution < -0.4 is 5.32 Å². The maximum atomic E-state index is 3.59. The average molecular weight is 215 g/mol. The van der Waals surface area contributed by atoms with E-state index in [0.29, 0.717) is 5.41 Å². The highest BCUT2D eigenvalue weighted by Crippen LogP contribution is 2.24. The van der Waals surface area contributed by atoms with Gasteiger partial charge in [0.1, 0.15) is 0 Å². The van der Waals surface area contributed by atoms with Crippen LogP contribution in [0.4, 0.5) is 0 Å². The number of rotatable bonds is 4. The van der Waals surface area contributed by atoms with Gasteiger partial charge in [0.2, 0.25) is 0 Å². The van der Waals surface area contributed by atoms with Crippen molar-refractivity contribution in [3.8, 4) is 0 Å². The van der Waals surface area contributed by atoms with Crippen molar-refractivity contribution in [3.63, 3.8) is 0 Å². The van der Waals surface area contributed by atoms with Gasteiger partial charge in [-0.05, 0) is 37.0 Å². The van der Waals surface area contributed by atoms with Crippen LogP contribution in [0.1, 0.15) is 46.5 Å². The molecule has 14 heavy (non-hydrogen) atoms. The Balaban J connectivity index is 1.97. The van der Waals surface area contributed by atoms with Crippen molar-refractivity contribution >= 4 is 11.8 Å². The predicted octanol–water partition coefficient (Wildman–Crippen LogP) is 3.30. The van der Waals surface area contributed by atoms with Gasteiger partial charge in [0.15, 0.2) is 0 Å². The summed E-state index contributed by atoms with van der Waals surface area (Å²) >= 11 is 2.16. The fraction of sp³-hybridized carbons (Fsp3) is 1.00. The Bertz CT molecular complexity index is 145. The van der Waals surface area contributed by atoms with E-state index in [-0.39, 0.29) is 0 Å². The lowest BCUT2D eigenvalue weighted by atomic mass is 9.92. The summed E-state index contributed by atoms with van der Waals surface area (Å²) in [6.07, 6.45) is 5.58. The van der Waals surface area contributed by atoms with E-state index in [1.165, 1.54) is 44.5 Å². The summed E-state index contributed by atoms with van der Waals surface area (Å²) in [5.41, 5.74) is 0.479. The van der Waals surface area contributed by atoms with Crippen LogP contribution in [0.2, 0.25) is 0 Å². The number of hydrogen-bond donors (Lipinski definition) is 1. The van der Waals surface area contributed by atoms with Gasteiger partial charge in [0.05, 0.1) is 0 Å². The van der Waals surface area contributed by atoms with Gasteiger partial charge in [-0.25, -0.2) is 0 Å². The van der Waals surface area contributed by atoms with E-state index in [9.17, 15) is 0 Å². The number of thioether (sulfide) groups is 1. The molecule has 0 aromatic heterocycles. The van der Waals surface area contributed by atoms with E-state index in [4.69, 9.17) is 0 Å². The van der Waals surface area contributed by atoms with Crippen molar-refractivity contribution in [1.29, 1.82) is 0 Å². The molecule has 2 heteroatoms. The molecular formula is C12H25NS. The van der Waals surface area contributed by atoms with Crippen molar-refractivity contribution in [2.24, 2.45) is 5.41 Å². The second-order valence-corrected chi connectivity index (χ2v) is 6.91. The molecule has 0 aromatic carbocycles. The minimum atomic E-state index is 0.479. The molecule has 1 saturated heterocycles. The predicted molar refractivity (Wildman–Crippen MR) is 67.0 cm³/mol. The minimum Gasteiger partial charge on any atom is -0.316 e. The summed E-state index contributed by atoms with van der Waals surface area (Å²) in [5.74, 6) is 1.38. The fourth-order valence-corrected chi connectivity index (χ4v) is 2.97. The quantitative estimate of drug-likeness (QED) is 0.722. The van der Waals surface area contributed by atoms with Crippen molar-refractivity contribution in [1.82, 2.24) is 5.32 Å². The number of hydrogen-bond acceptors (Lipinski definition) is 2. The third-order valence-electron chi connectivity index (χ3n) is 2.70. The van der Waals surface area contributed by atoms with Crippen molar-refractivity contribution in [3.05, 3.63) is 0 Å². The van der Waals surface area contributed by atoms with E-state index >= 15 is 0 Å². The molecule has 1 nitrogen and oxygen atoms in total. The summed E-state index contributed by atoms with van der Waals surface area (Å²) in [6.45, 7) is 9.33. The van der Waals surface area contributed by atoms with Gasteiger partial charge in [-0.2, -0.15) is 11.8 Å². The molecule has 1 aliphatic heterocycles. The van der Waals surface area contributed by atoms with Crippen LogP contribution in [-0.2, 0) is 0 Å². The Labute approximate surface area is 93.4 Å². The topological polar surface area (TPSA) is 12.0 Å². The van der Waals surface area contributed by atoms with E-state index in [1.54, 1.807) is 0 Å². The molecule has 1 rings (SSSR count). The summed E-state index contributed by atoms with van der Waals surface area (Å²) in [7, 11) is 0. The summed E-state index contributed by atoms with van der Waals surface area (Å²) in [5, 5.41) is 4.48. The molecule has 0 amide bonds. The third-order valence-corrected chi connectivity index (χ3v) is 4.10. The highest BCUT2D eigenvalue weighted by atomic mass is 32.2. The largest absolute Gasteiger partial charge is 0.316 e. The monoisotopic (exact) mass is 215 g/mol. The Kier molecular flexibility index (Phi) is 5.32. The Morgan fingerprint density at radius 3 is 2.64 bits per heavy atom. The normalized spacial score (nSPS) is 23.8. The SMILES string of the molecule is CC(C)(C)CCNCC1CCCCS1. The van der Waals surface area contributed by atoms with Crippen LogP contribution in [0, 0.1) is 5.41 Å². The van der Waals surface area contributed by atoms with Crippen LogP contribution in [0.3, 0.4) is 0 Å². The Morgan fingerprint density at radius 1 is 1.29 bits per heavy atom. The van der Waals surface area contributed by atoms with Crippen LogP contribution in [0.25, 0.3) is 0 Å². The lowest BCUT2D eigenvalue weighted by Gasteiger charge is -2.23. The molecule has 1 unspecified atom stereocenters. The minimum absolute atomic E-state index is 0.479. The Hall–Kier alpha value is 0.310. The van der Waals surface area contributed by atoms with Crippen LogP contribution in [0.15, 0.2) is 0 Å². The van der Waals surface area contributed by atoms with Crippen LogP contribution in [0.5, 0.6) is 0 Å². The molecule has 84 valence electrons. The first kappa shape index (κ1) is 12.4. The first-order valence-corrected chi connectivity index (χ1v) is 6.95. The second kappa shape index (κ2) is 6.02. The van der Waals surface area contributed by atoms with E-state index < -0.39 is 0 Å². The molecule has 0 aromatic rings. The van der Waals surface area contributed by atoms with Gasteiger partial charge < -0.3 is 5.32 Å². The molecule has 1 heterocycles. The van der Waals surface area contributed by atoms with Crippen molar-refractivity contribution in [2.45, 2.75) is 51.7 Å². The molecule has 0 saturated carbocycles. The molecule has 0 radical (unpaired) electrons. The van der Waals surface area contributed by atoms with Crippen molar-refractivity contribution in [2.75, 3.05) is 18.8 Å². The van der Waals surface area contributed by atoms with Gasteiger partial charge in [-0.1, -0.05) is 27.2 Å². The van der Waals surface area contributed by atoms with Crippen LogP contribution >= 0.6 is 11.8 Å². The van der Waals surface area contributed by atoms with Gasteiger partial charge in [-0.3, -0.25) is 0 Å². The standard InChI is InChI=1S/C12H25NS/c1-12(2,3)7-8-13-10-11-6-4-5-9-14-11/h11,13H,4-10H2,1-3H3. The molecule has 1 fully saturated rings. The molecule has 0 spiro atoms. The summed E-state index contributed by atoms with van der Waals surface area (Å²) in [6, 6.07) is 0. The first-order valence-electron chi connectivity index (χ1n) is 5.90. The van der Waals surface area contributed by atoms with Crippen LogP contribution in [-0.4, -0.2) is 24.1 Å². The maximum Gasteiger partial charge on any atom is 0.0172 e. The smallest absolute Gasteiger partial charge is 0.0172 e. The maximum absolute atomic E-state index is 3.59. The highest BCUT2D eigenvalue weighted by molar-refractivity contribution is 7.99. The lowest BCUT2D eigenvalue weighted by Crippen LogP contribution is -2.29. The van der Waals surface area contributed by atoms with Gasteiger partial charge in [0, 0.05) is 11.8 Å². The Morgan fingerprint density at radius 2 is 2.07 bits per heavy atom. The summed E-state index contributed by atoms with van der Waals surface area (Å²) < 4.78 is 0. The fourth-order valence-electron chi connectivity index (χ4n) is 1.69.